The lowest BCUT2D eigenvalue weighted by Gasteiger charge is -2.08. The molecule has 0 amide bonds. The van der Waals surface area contributed by atoms with Gasteiger partial charge in [-0.1, -0.05) is 31.9 Å². The van der Waals surface area contributed by atoms with Crippen LogP contribution in [0.4, 0.5) is 4.39 Å². The number of hydrogen-bond donors (Lipinski definition) is 0. The lowest BCUT2D eigenvalue weighted by molar-refractivity contribution is 0.401. The number of aryl methyl sites for hydroxylation is 2. The van der Waals surface area contributed by atoms with Gasteiger partial charge in [-0.2, -0.15) is 5.10 Å². The summed E-state index contributed by atoms with van der Waals surface area (Å²) in [7, 11) is 1.77. The van der Waals surface area contributed by atoms with Crippen LogP contribution in [0.2, 0.25) is 0 Å². The molecule has 0 atom stereocenters. The lowest BCUT2D eigenvalue weighted by Crippen LogP contribution is -1.98. The molecule has 2 rings (SSSR count). The highest BCUT2D eigenvalue weighted by Crippen LogP contribution is 2.31. The maximum atomic E-state index is 13.6. The Kier molecular flexibility index (Phi) is 4.07. The average Bonchev–Trinajstić information content (AvgIpc) is 2.58. The van der Waals surface area contributed by atoms with Crippen molar-refractivity contribution < 1.29 is 9.13 Å². The number of hydrogen-bond acceptors (Lipinski definition) is 2. The van der Waals surface area contributed by atoms with Gasteiger partial charge in [-0.05, 0) is 25.1 Å². The van der Waals surface area contributed by atoms with Crippen LogP contribution in [0.15, 0.2) is 22.7 Å². The van der Waals surface area contributed by atoms with Gasteiger partial charge in [0.15, 0.2) is 11.6 Å². The van der Waals surface area contributed by atoms with E-state index < -0.39 is 5.82 Å². The van der Waals surface area contributed by atoms with Gasteiger partial charge in [0, 0.05) is 22.4 Å². The molecule has 0 aliphatic heterocycles. The number of rotatable bonds is 3. The maximum Gasteiger partial charge on any atom is 0.222 e. The maximum absolute atomic E-state index is 13.6. The molecule has 0 aliphatic rings. The van der Waals surface area contributed by atoms with Crippen molar-refractivity contribution in [2.24, 2.45) is 7.05 Å². The van der Waals surface area contributed by atoms with Crippen molar-refractivity contribution in [2.45, 2.75) is 12.3 Å². The first kappa shape index (κ1) is 13.5. The van der Waals surface area contributed by atoms with Crippen LogP contribution in [0, 0.1) is 12.7 Å². The molecule has 3 nitrogen and oxygen atoms in total. The molecule has 2 aromatic rings. The predicted octanol–water partition coefficient (Wildman–Crippen LogP) is 4.32. The molecule has 1 heterocycles. The number of aromatic nitrogens is 2. The van der Waals surface area contributed by atoms with Crippen molar-refractivity contribution in [2.75, 3.05) is 0 Å². The van der Waals surface area contributed by atoms with Gasteiger partial charge in [0.1, 0.15) is 0 Å². The zero-order chi connectivity index (χ0) is 13.3. The van der Waals surface area contributed by atoms with Crippen LogP contribution in [0.25, 0.3) is 0 Å². The molecule has 0 saturated heterocycles. The summed E-state index contributed by atoms with van der Waals surface area (Å²) in [5.74, 6) is 0.313. The molecule has 0 fully saturated rings. The molecular weight excluding hydrogens is 367 g/mol. The van der Waals surface area contributed by atoms with Crippen LogP contribution in [-0.2, 0) is 12.4 Å². The van der Waals surface area contributed by atoms with E-state index in [9.17, 15) is 4.39 Å². The standard InChI is InChI=1S/C12H11Br2FN2O/c1-7-9(6-13)12(17(2)16-7)18-11-5-8(14)3-4-10(11)15/h3-5H,6H2,1-2H3. The molecule has 0 N–H and O–H groups in total. The molecule has 0 aliphatic carbocycles. The van der Waals surface area contributed by atoms with Gasteiger partial charge in [-0.3, -0.25) is 0 Å². The largest absolute Gasteiger partial charge is 0.436 e. The Hall–Kier alpha value is -0.880. The molecule has 0 spiro atoms. The molecular formula is C12H11Br2FN2O. The lowest BCUT2D eigenvalue weighted by atomic mass is 10.3. The first-order valence-electron chi connectivity index (χ1n) is 5.24. The number of nitrogens with zero attached hydrogens (tertiary/aromatic N) is 2. The highest BCUT2D eigenvalue weighted by atomic mass is 79.9. The normalized spacial score (nSPS) is 10.7. The van der Waals surface area contributed by atoms with Crippen LogP contribution in [0.5, 0.6) is 11.6 Å². The molecule has 0 radical (unpaired) electrons. The van der Waals surface area contributed by atoms with Gasteiger partial charge in [-0.25, -0.2) is 9.07 Å². The minimum atomic E-state index is -0.405. The topological polar surface area (TPSA) is 27.1 Å². The van der Waals surface area contributed by atoms with Crippen LogP contribution in [0.3, 0.4) is 0 Å². The SMILES string of the molecule is Cc1nn(C)c(Oc2cc(Br)ccc2F)c1CBr. The minimum Gasteiger partial charge on any atom is -0.436 e. The van der Waals surface area contributed by atoms with Gasteiger partial charge in [0.25, 0.3) is 0 Å². The minimum absolute atomic E-state index is 0.176. The van der Waals surface area contributed by atoms with E-state index in [1.807, 2.05) is 6.92 Å². The zero-order valence-corrected chi connectivity index (χ0v) is 13.0. The summed E-state index contributed by atoms with van der Waals surface area (Å²) in [4.78, 5) is 0. The van der Waals surface area contributed by atoms with E-state index in [1.54, 1.807) is 23.9 Å². The van der Waals surface area contributed by atoms with Crippen LogP contribution >= 0.6 is 31.9 Å². The summed E-state index contributed by atoms with van der Waals surface area (Å²) >= 11 is 6.67. The van der Waals surface area contributed by atoms with Crippen molar-refractivity contribution in [3.8, 4) is 11.6 Å². The van der Waals surface area contributed by atoms with Gasteiger partial charge in [0.2, 0.25) is 5.88 Å². The van der Waals surface area contributed by atoms with Crippen LogP contribution < -0.4 is 4.74 Å². The van der Waals surface area contributed by atoms with E-state index in [1.165, 1.54) is 6.07 Å². The third-order valence-electron chi connectivity index (χ3n) is 2.52. The average molecular weight is 378 g/mol. The molecule has 6 heteroatoms. The fourth-order valence-corrected chi connectivity index (χ4v) is 2.61. The Morgan fingerprint density at radius 3 is 2.83 bits per heavy atom. The summed E-state index contributed by atoms with van der Waals surface area (Å²) < 4.78 is 21.6. The van der Waals surface area contributed by atoms with Crippen LogP contribution in [-0.4, -0.2) is 9.78 Å². The third kappa shape index (κ3) is 2.59. The van der Waals surface area contributed by atoms with Gasteiger partial charge in [-0.15, -0.1) is 0 Å². The Labute approximate surface area is 121 Å². The molecule has 1 aromatic heterocycles. The fourth-order valence-electron chi connectivity index (χ4n) is 1.62. The Morgan fingerprint density at radius 1 is 1.44 bits per heavy atom. The summed E-state index contributed by atoms with van der Waals surface area (Å²) in [6, 6.07) is 4.58. The quantitative estimate of drug-likeness (QED) is 0.745. The number of ether oxygens (including phenoxy) is 1. The summed E-state index contributed by atoms with van der Waals surface area (Å²) in [6.07, 6.45) is 0. The number of alkyl halides is 1. The molecule has 0 bridgehead atoms. The fraction of sp³-hybridized carbons (Fsp3) is 0.250. The van der Waals surface area contributed by atoms with Gasteiger partial charge >= 0.3 is 0 Å². The Balaban J connectivity index is 2.42. The Morgan fingerprint density at radius 2 is 2.17 bits per heavy atom. The van der Waals surface area contributed by atoms with Crippen LogP contribution in [0.1, 0.15) is 11.3 Å². The first-order chi connectivity index (χ1) is 8.52. The molecule has 0 unspecified atom stereocenters. The molecule has 96 valence electrons. The van der Waals surface area contributed by atoms with E-state index in [0.29, 0.717) is 11.2 Å². The van der Waals surface area contributed by atoms with E-state index in [0.717, 1.165) is 15.7 Å². The van der Waals surface area contributed by atoms with E-state index in [-0.39, 0.29) is 5.75 Å². The molecule has 1 aromatic carbocycles. The second-order valence-corrected chi connectivity index (χ2v) is 5.28. The number of benzene rings is 1. The third-order valence-corrected chi connectivity index (χ3v) is 3.58. The van der Waals surface area contributed by atoms with Crippen molar-refractivity contribution in [1.82, 2.24) is 9.78 Å². The number of halogens is 3. The van der Waals surface area contributed by atoms with E-state index in [4.69, 9.17) is 4.74 Å². The van der Waals surface area contributed by atoms with E-state index in [2.05, 4.69) is 37.0 Å². The zero-order valence-electron chi connectivity index (χ0n) is 9.88. The summed E-state index contributed by atoms with van der Waals surface area (Å²) in [5.41, 5.74) is 1.77. The van der Waals surface area contributed by atoms with Gasteiger partial charge in [0.05, 0.1) is 5.69 Å². The predicted molar refractivity (Wildman–Crippen MR) is 74.8 cm³/mol. The highest BCUT2D eigenvalue weighted by Gasteiger charge is 2.16. The van der Waals surface area contributed by atoms with Crippen molar-refractivity contribution in [3.63, 3.8) is 0 Å². The second-order valence-electron chi connectivity index (χ2n) is 3.80. The van der Waals surface area contributed by atoms with Gasteiger partial charge < -0.3 is 4.74 Å². The van der Waals surface area contributed by atoms with Crippen molar-refractivity contribution in [3.05, 3.63) is 39.7 Å². The van der Waals surface area contributed by atoms with Crippen molar-refractivity contribution in [1.29, 1.82) is 0 Å². The highest BCUT2D eigenvalue weighted by molar-refractivity contribution is 9.10. The van der Waals surface area contributed by atoms with E-state index >= 15 is 0 Å². The molecule has 0 saturated carbocycles. The Bertz CT molecular complexity index is 584. The molecule has 18 heavy (non-hydrogen) atoms. The smallest absolute Gasteiger partial charge is 0.222 e. The van der Waals surface area contributed by atoms with Crippen molar-refractivity contribution >= 4 is 31.9 Å². The summed E-state index contributed by atoms with van der Waals surface area (Å²) in [6.45, 7) is 1.89. The summed E-state index contributed by atoms with van der Waals surface area (Å²) in [5, 5.41) is 4.87. The first-order valence-corrected chi connectivity index (χ1v) is 7.15. The monoisotopic (exact) mass is 376 g/mol. The second kappa shape index (κ2) is 5.40.